The molecule has 3 rings (SSSR count). The Morgan fingerprint density at radius 2 is 2.04 bits per heavy atom. The van der Waals surface area contributed by atoms with Crippen LogP contribution in [0.3, 0.4) is 0 Å². The predicted octanol–water partition coefficient (Wildman–Crippen LogP) is 2.77. The Morgan fingerprint density at radius 1 is 1.29 bits per heavy atom. The second-order valence-corrected chi connectivity index (χ2v) is 6.16. The second kappa shape index (κ2) is 7.03. The highest BCUT2D eigenvalue weighted by atomic mass is 16.5. The van der Waals surface area contributed by atoms with Gasteiger partial charge in [-0.2, -0.15) is 5.10 Å². The van der Waals surface area contributed by atoms with Crippen molar-refractivity contribution in [3.63, 3.8) is 0 Å². The van der Waals surface area contributed by atoms with Crippen molar-refractivity contribution in [2.75, 3.05) is 19.7 Å². The molecule has 1 aromatic heterocycles. The Labute approximate surface area is 142 Å². The molecule has 6 nitrogen and oxygen atoms in total. The van der Waals surface area contributed by atoms with E-state index in [0.29, 0.717) is 18.7 Å². The van der Waals surface area contributed by atoms with Gasteiger partial charge in [0, 0.05) is 18.7 Å². The fourth-order valence-corrected chi connectivity index (χ4v) is 3.26. The zero-order valence-corrected chi connectivity index (χ0v) is 14.5. The third-order valence-corrected chi connectivity index (χ3v) is 4.35. The van der Waals surface area contributed by atoms with Crippen LogP contribution in [0.4, 0.5) is 0 Å². The summed E-state index contributed by atoms with van der Waals surface area (Å²) in [7, 11) is 0. The Bertz CT molecular complexity index is 708. The van der Waals surface area contributed by atoms with Crippen LogP contribution in [0.5, 0.6) is 5.75 Å². The molecule has 0 saturated carbocycles. The molecule has 128 valence electrons. The Balaban J connectivity index is 1.72. The highest BCUT2D eigenvalue weighted by molar-refractivity contribution is 5.94. The summed E-state index contributed by atoms with van der Waals surface area (Å²) in [5.41, 5.74) is 0.700. The summed E-state index contributed by atoms with van der Waals surface area (Å²) in [5.74, 6) is 2.55. The van der Waals surface area contributed by atoms with Crippen LogP contribution in [0.25, 0.3) is 0 Å². The SMILES string of the molecule is CCOc1ccc(C(=O)N2CCCC(n3nc(C)nc3C)C2)cc1. The minimum absolute atomic E-state index is 0.0669. The molecule has 1 aliphatic heterocycles. The van der Waals surface area contributed by atoms with Gasteiger partial charge < -0.3 is 9.64 Å². The highest BCUT2D eigenvalue weighted by Gasteiger charge is 2.27. The van der Waals surface area contributed by atoms with E-state index in [9.17, 15) is 4.79 Å². The molecule has 1 aromatic carbocycles. The largest absolute Gasteiger partial charge is 0.494 e. The monoisotopic (exact) mass is 328 g/mol. The van der Waals surface area contributed by atoms with Crippen LogP contribution in [-0.2, 0) is 0 Å². The highest BCUT2D eigenvalue weighted by Crippen LogP contribution is 2.24. The zero-order chi connectivity index (χ0) is 17.1. The van der Waals surface area contributed by atoms with Gasteiger partial charge in [-0.3, -0.25) is 4.79 Å². The Morgan fingerprint density at radius 3 is 2.67 bits per heavy atom. The molecule has 0 N–H and O–H groups in total. The van der Waals surface area contributed by atoms with Gasteiger partial charge in [-0.15, -0.1) is 0 Å². The third-order valence-electron chi connectivity index (χ3n) is 4.35. The lowest BCUT2D eigenvalue weighted by atomic mass is 10.0. The number of carbonyl (C=O) groups is 1. The van der Waals surface area contributed by atoms with Crippen LogP contribution in [0.2, 0.25) is 0 Å². The number of aromatic nitrogens is 3. The standard InChI is InChI=1S/C18H24N4O2/c1-4-24-17-9-7-15(8-10-17)18(23)21-11-5-6-16(12-21)22-14(3)19-13(2)20-22/h7-10,16H,4-6,11-12H2,1-3H3. The summed E-state index contributed by atoms with van der Waals surface area (Å²) < 4.78 is 7.40. The van der Waals surface area contributed by atoms with Crippen molar-refractivity contribution >= 4 is 5.91 Å². The molecule has 0 radical (unpaired) electrons. The van der Waals surface area contributed by atoms with Gasteiger partial charge in [0.05, 0.1) is 12.6 Å². The second-order valence-electron chi connectivity index (χ2n) is 6.16. The maximum atomic E-state index is 12.8. The van der Waals surface area contributed by atoms with E-state index in [2.05, 4.69) is 10.1 Å². The zero-order valence-electron chi connectivity index (χ0n) is 14.5. The molecule has 0 spiro atoms. The van der Waals surface area contributed by atoms with Gasteiger partial charge in [-0.25, -0.2) is 9.67 Å². The first-order valence-electron chi connectivity index (χ1n) is 8.50. The summed E-state index contributed by atoms with van der Waals surface area (Å²) in [5, 5.41) is 4.48. The van der Waals surface area contributed by atoms with Crippen molar-refractivity contribution in [2.45, 2.75) is 39.7 Å². The number of hydrogen-bond acceptors (Lipinski definition) is 4. The molecule has 1 saturated heterocycles. The fraction of sp³-hybridized carbons (Fsp3) is 0.500. The number of aryl methyl sites for hydroxylation is 2. The lowest BCUT2D eigenvalue weighted by Crippen LogP contribution is -2.41. The van der Waals surface area contributed by atoms with Crippen molar-refractivity contribution in [1.82, 2.24) is 19.7 Å². The number of amides is 1. The predicted molar refractivity (Wildman–Crippen MR) is 91.3 cm³/mol. The maximum absolute atomic E-state index is 12.8. The minimum atomic E-state index is 0.0669. The number of benzene rings is 1. The lowest BCUT2D eigenvalue weighted by molar-refractivity contribution is 0.0671. The molecule has 1 unspecified atom stereocenters. The summed E-state index contributed by atoms with van der Waals surface area (Å²) in [6.07, 6.45) is 2.00. The lowest BCUT2D eigenvalue weighted by Gasteiger charge is -2.33. The van der Waals surface area contributed by atoms with E-state index in [0.717, 1.165) is 36.8 Å². The van der Waals surface area contributed by atoms with E-state index in [-0.39, 0.29) is 11.9 Å². The van der Waals surface area contributed by atoms with Crippen LogP contribution in [-0.4, -0.2) is 45.3 Å². The molecule has 1 aliphatic rings. The van der Waals surface area contributed by atoms with E-state index < -0.39 is 0 Å². The minimum Gasteiger partial charge on any atom is -0.494 e. The van der Waals surface area contributed by atoms with Crippen LogP contribution in [0.15, 0.2) is 24.3 Å². The first kappa shape index (κ1) is 16.5. The van der Waals surface area contributed by atoms with Crippen molar-refractivity contribution in [3.05, 3.63) is 41.5 Å². The van der Waals surface area contributed by atoms with Gasteiger partial charge in [0.1, 0.15) is 17.4 Å². The summed E-state index contributed by atoms with van der Waals surface area (Å²) in [4.78, 5) is 19.1. The summed E-state index contributed by atoms with van der Waals surface area (Å²) >= 11 is 0. The summed E-state index contributed by atoms with van der Waals surface area (Å²) in [6, 6.07) is 7.57. The topological polar surface area (TPSA) is 60.2 Å². The number of hydrogen-bond donors (Lipinski definition) is 0. The molecular formula is C18H24N4O2. The molecule has 24 heavy (non-hydrogen) atoms. The van der Waals surface area contributed by atoms with Gasteiger partial charge >= 0.3 is 0 Å². The van der Waals surface area contributed by atoms with Crippen molar-refractivity contribution in [3.8, 4) is 5.75 Å². The molecule has 6 heteroatoms. The first-order valence-corrected chi connectivity index (χ1v) is 8.50. The van der Waals surface area contributed by atoms with Crippen molar-refractivity contribution < 1.29 is 9.53 Å². The molecule has 1 fully saturated rings. The molecule has 0 bridgehead atoms. The van der Waals surface area contributed by atoms with Crippen molar-refractivity contribution in [2.24, 2.45) is 0 Å². The maximum Gasteiger partial charge on any atom is 0.253 e. The average molecular weight is 328 g/mol. The van der Waals surface area contributed by atoms with E-state index in [4.69, 9.17) is 4.74 Å². The Kier molecular flexibility index (Phi) is 4.83. The van der Waals surface area contributed by atoms with Crippen molar-refractivity contribution in [1.29, 1.82) is 0 Å². The average Bonchev–Trinajstić information content (AvgIpc) is 2.94. The van der Waals surface area contributed by atoms with Crippen LogP contribution < -0.4 is 4.74 Å². The number of rotatable bonds is 4. The Hall–Kier alpha value is -2.37. The summed E-state index contributed by atoms with van der Waals surface area (Å²) in [6.45, 7) is 7.89. The number of likely N-dealkylation sites (tertiary alicyclic amines) is 1. The van der Waals surface area contributed by atoms with Gasteiger partial charge in [-0.1, -0.05) is 0 Å². The number of piperidine rings is 1. The van der Waals surface area contributed by atoms with Crippen LogP contribution >= 0.6 is 0 Å². The third kappa shape index (κ3) is 3.42. The number of ether oxygens (including phenoxy) is 1. The molecule has 0 aliphatic carbocycles. The van der Waals surface area contributed by atoms with E-state index in [1.165, 1.54) is 0 Å². The van der Waals surface area contributed by atoms with Crippen LogP contribution in [0, 0.1) is 13.8 Å². The van der Waals surface area contributed by atoms with E-state index in [1.807, 2.05) is 54.6 Å². The van der Waals surface area contributed by atoms with Crippen LogP contribution in [0.1, 0.15) is 47.8 Å². The number of carbonyl (C=O) groups excluding carboxylic acids is 1. The quantitative estimate of drug-likeness (QED) is 0.866. The first-order chi connectivity index (χ1) is 11.6. The van der Waals surface area contributed by atoms with Gasteiger partial charge in [0.25, 0.3) is 5.91 Å². The van der Waals surface area contributed by atoms with Gasteiger partial charge in [0.15, 0.2) is 0 Å². The van der Waals surface area contributed by atoms with Gasteiger partial charge in [-0.05, 0) is 57.9 Å². The normalized spacial score (nSPS) is 17.8. The van der Waals surface area contributed by atoms with E-state index >= 15 is 0 Å². The fourth-order valence-electron chi connectivity index (χ4n) is 3.26. The van der Waals surface area contributed by atoms with Gasteiger partial charge in [0.2, 0.25) is 0 Å². The molecule has 1 atom stereocenters. The molecule has 1 amide bonds. The molecule has 2 heterocycles. The molecular weight excluding hydrogens is 304 g/mol. The number of nitrogens with zero attached hydrogens (tertiary/aromatic N) is 4. The smallest absolute Gasteiger partial charge is 0.253 e. The molecule has 2 aromatic rings. The van der Waals surface area contributed by atoms with E-state index in [1.54, 1.807) is 0 Å².